The standard InChI is InChI=1S/C6H9NO/c1-2-3-4-5-6-8-7/h1,4-5H,3,6-7H2/b5-4+. The lowest BCUT2D eigenvalue weighted by molar-refractivity contribution is 0.168. The molecule has 44 valence electrons. The van der Waals surface area contributed by atoms with Crippen molar-refractivity contribution in [2.45, 2.75) is 6.42 Å². The summed E-state index contributed by atoms with van der Waals surface area (Å²) in [6.45, 7) is 0.432. The average molecular weight is 111 g/mol. The molecule has 0 atom stereocenters. The number of terminal acetylenes is 1. The molecule has 0 amide bonds. The first-order valence-corrected chi connectivity index (χ1v) is 2.32. The Kier molecular flexibility index (Phi) is 5.61. The van der Waals surface area contributed by atoms with Crippen LogP contribution in [0.3, 0.4) is 0 Å². The van der Waals surface area contributed by atoms with Crippen molar-refractivity contribution in [1.29, 1.82) is 0 Å². The number of hydrogen-bond donors (Lipinski definition) is 1. The molecule has 0 saturated carbocycles. The highest BCUT2D eigenvalue weighted by molar-refractivity contribution is 4.96. The molecule has 0 fully saturated rings. The van der Waals surface area contributed by atoms with Crippen LogP contribution in [0.15, 0.2) is 12.2 Å². The van der Waals surface area contributed by atoms with Crippen molar-refractivity contribution in [3.63, 3.8) is 0 Å². The zero-order valence-corrected chi connectivity index (χ0v) is 4.63. The minimum absolute atomic E-state index is 0.432. The second-order valence-corrected chi connectivity index (χ2v) is 1.21. The summed E-state index contributed by atoms with van der Waals surface area (Å²) >= 11 is 0. The van der Waals surface area contributed by atoms with E-state index in [1.807, 2.05) is 6.08 Å². The first-order valence-electron chi connectivity index (χ1n) is 2.32. The molecule has 0 heterocycles. The Hall–Kier alpha value is -0.780. The number of rotatable bonds is 3. The molecule has 0 aromatic heterocycles. The van der Waals surface area contributed by atoms with Crippen LogP contribution in [0.4, 0.5) is 0 Å². The molecule has 0 rings (SSSR count). The third kappa shape index (κ3) is 5.22. The lowest BCUT2D eigenvalue weighted by Gasteiger charge is -1.83. The summed E-state index contributed by atoms with van der Waals surface area (Å²) < 4.78 is 0. The predicted molar refractivity (Wildman–Crippen MR) is 32.7 cm³/mol. The summed E-state index contributed by atoms with van der Waals surface area (Å²) in [6.07, 6.45) is 9.18. The Bertz CT molecular complexity index is 102. The minimum Gasteiger partial charge on any atom is -0.300 e. The van der Waals surface area contributed by atoms with Gasteiger partial charge in [0, 0.05) is 6.42 Å². The van der Waals surface area contributed by atoms with E-state index in [2.05, 4.69) is 10.8 Å². The van der Waals surface area contributed by atoms with Crippen LogP contribution < -0.4 is 5.90 Å². The fourth-order valence-electron chi connectivity index (χ4n) is 0.275. The van der Waals surface area contributed by atoms with Gasteiger partial charge in [-0.1, -0.05) is 12.2 Å². The van der Waals surface area contributed by atoms with Gasteiger partial charge in [-0.2, -0.15) is 0 Å². The van der Waals surface area contributed by atoms with Crippen LogP contribution in [-0.4, -0.2) is 6.61 Å². The molecular formula is C6H9NO. The van der Waals surface area contributed by atoms with Gasteiger partial charge < -0.3 is 4.84 Å². The Morgan fingerprint density at radius 3 is 2.88 bits per heavy atom. The summed E-state index contributed by atoms with van der Waals surface area (Å²) in [7, 11) is 0. The summed E-state index contributed by atoms with van der Waals surface area (Å²) in [5, 5.41) is 0. The zero-order chi connectivity index (χ0) is 6.24. The molecule has 0 unspecified atom stereocenters. The van der Waals surface area contributed by atoms with Gasteiger partial charge in [0.2, 0.25) is 0 Å². The van der Waals surface area contributed by atoms with Crippen LogP contribution in [0, 0.1) is 12.3 Å². The van der Waals surface area contributed by atoms with Crippen molar-refractivity contribution in [2.24, 2.45) is 5.90 Å². The van der Waals surface area contributed by atoms with Crippen LogP contribution in [0.25, 0.3) is 0 Å². The second-order valence-electron chi connectivity index (χ2n) is 1.21. The predicted octanol–water partition coefficient (Wildman–Crippen LogP) is 0.456. The Morgan fingerprint density at radius 1 is 1.62 bits per heavy atom. The molecule has 0 aliphatic carbocycles. The third-order valence-corrected chi connectivity index (χ3v) is 0.595. The highest BCUT2D eigenvalue weighted by Crippen LogP contribution is 1.77. The number of hydrogen-bond acceptors (Lipinski definition) is 2. The second kappa shape index (κ2) is 6.22. The molecule has 0 bridgehead atoms. The highest BCUT2D eigenvalue weighted by atomic mass is 16.6. The van der Waals surface area contributed by atoms with Crippen LogP contribution >= 0.6 is 0 Å². The number of allylic oxidation sites excluding steroid dienone is 1. The Morgan fingerprint density at radius 2 is 2.38 bits per heavy atom. The van der Waals surface area contributed by atoms with Gasteiger partial charge in [0.05, 0.1) is 6.61 Å². The largest absolute Gasteiger partial charge is 0.300 e. The summed E-state index contributed by atoms with van der Waals surface area (Å²) in [5.41, 5.74) is 0. The van der Waals surface area contributed by atoms with Gasteiger partial charge in [-0.15, -0.1) is 12.3 Å². The zero-order valence-electron chi connectivity index (χ0n) is 4.63. The van der Waals surface area contributed by atoms with E-state index < -0.39 is 0 Å². The smallest absolute Gasteiger partial charge is 0.0861 e. The van der Waals surface area contributed by atoms with E-state index >= 15 is 0 Å². The van der Waals surface area contributed by atoms with Gasteiger partial charge in [0.25, 0.3) is 0 Å². The van der Waals surface area contributed by atoms with E-state index in [1.165, 1.54) is 0 Å². The number of nitrogens with two attached hydrogens (primary N) is 1. The fraction of sp³-hybridized carbons (Fsp3) is 0.333. The molecule has 0 radical (unpaired) electrons. The Balaban J connectivity index is 2.98. The van der Waals surface area contributed by atoms with Gasteiger partial charge >= 0.3 is 0 Å². The molecule has 0 aliphatic heterocycles. The SMILES string of the molecule is C#CC/C=C/CON. The van der Waals surface area contributed by atoms with Gasteiger partial charge in [-0.3, -0.25) is 0 Å². The van der Waals surface area contributed by atoms with E-state index in [0.29, 0.717) is 13.0 Å². The summed E-state index contributed by atoms with van der Waals surface area (Å²) in [5.74, 6) is 7.15. The molecule has 8 heavy (non-hydrogen) atoms. The first kappa shape index (κ1) is 7.22. The third-order valence-electron chi connectivity index (χ3n) is 0.595. The molecule has 2 nitrogen and oxygen atoms in total. The lowest BCUT2D eigenvalue weighted by Crippen LogP contribution is -1.96. The topological polar surface area (TPSA) is 35.2 Å². The van der Waals surface area contributed by atoms with Crippen molar-refractivity contribution in [1.82, 2.24) is 0 Å². The molecule has 0 aromatic carbocycles. The summed E-state index contributed by atoms with van der Waals surface area (Å²) in [4.78, 5) is 4.23. The van der Waals surface area contributed by atoms with Gasteiger partial charge in [0.1, 0.15) is 0 Å². The molecule has 0 aromatic rings. The lowest BCUT2D eigenvalue weighted by atomic mass is 10.4. The van der Waals surface area contributed by atoms with E-state index in [1.54, 1.807) is 6.08 Å². The van der Waals surface area contributed by atoms with Gasteiger partial charge in [-0.25, -0.2) is 5.90 Å². The van der Waals surface area contributed by atoms with Crippen molar-refractivity contribution in [2.75, 3.05) is 6.61 Å². The van der Waals surface area contributed by atoms with Crippen LogP contribution in [-0.2, 0) is 4.84 Å². The molecule has 0 spiro atoms. The maximum absolute atomic E-state index is 4.94. The molecular weight excluding hydrogens is 102 g/mol. The Labute approximate surface area is 49.3 Å². The fourth-order valence-corrected chi connectivity index (χ4v) is 0.275. The van der Waals surface area contributed by atoms with Gasteiger partial charge in [-0.05, 0) is 0 Å². The maximum atomic E-state index is 4.94. The quantitative estimate of drug-likeness (QED) is 0.326. The highest BCUT2D eigenvalue weighted by Gasteiger charge is 1.68. The van der Waals surface area contributed by atoms with E-state index in [9.17, 15) is 0 Å². The first-order chi connectivity index (χ1) is 3.91. The monoisotopic (exact) mass is 111 g/mol. The maximum Gasteiger partial charge on any atom is 0.0861 e. The van der Waals surface area contributed by atoms with Crippen LogP contribution in [0.1, 0.15) is 6.42 Å². The molecule has 2 N–H and O–H groups in total. The van der Waals surface area contributed by atoms with E-state index in [0.717, 1.165) is 0 Å². The molecule has 2 heteroatoms. The van der Waals surface area contributed by atoms with Crippen molar-refractivity contribution < 1.29 is 4.84 Å². The normalized spacial score (nSPS) is 9.50. The van der Waals surface area contributed by atoms with E-state index in [-0.39, 0.29) is 0 Å². The van der Waals surface area contributed by atoms with Crippen molar-refractivity contribution in [3.05, 3.63) is 12.2 Å². The molecule has 0 saturated heterocycles. The average Bonchev–Trinajstić information content (AvgIpc) is 1.81. The molecule has 0 aliphatic rings. The van der Waals surface area contributed by atoms with E-state index in [4.69, 9.17) is 12.3 Å². The summed E-state index contributed by atoms with van der Waals surface area (Å²) in [6, 6.07) is 0. The van der Waals surface area contributed by atoms with Crippen molar-refractivity contribution in [3.8, 4) is 12.3 Å². The van der Waals surface area contributed by atoms with Gasteiger partial charge in [0.15, 0.2) is 0 Å². The van der Waals surface area contributed by atoms with Crippen LogP contribution in [0.5, 0.6) is 0 Å². The minimum atomic E-state index is 0.432. The van der Waals surface area contributed by atoms with Crippen molar-refractivity contribution >= 4 is 0 Å². The van der Waals surface area contributed by atoms with Crippen LogP contribution in [0.2, 0.25) is 0 Å².